The van der Waals surface area contributed by atoms with Crippen molar-refractivity contribution < 1.29 is 9.53 Å². The third-order valence-corrected chi connectivity index (χ3v) is 1.72. The van der Waals surface area contributed by atoms with E-state index in [1.807, 2.05) is 25.1 Å². The van der Waals surface area contributed by atoms with Crippen molar-refractivity contribution in [2.45, 2.75) is 19.8 Å². The number of carbonyl (C=O) groups is 1. The number of hydrogen-bond donors (Lipinski definition) is 0. The molecule has 0 amide bonds. The molecular formula is C11H15NO2. The van der Waals surface area contributed by atoms with Crippen LogP contribution in [0.2, 0.25) is 0 Å². The minimum Gasteiger partial charge on any atom is -0.374 e. The van der Waals surface area contributed by atoms with Crippen molar-refractivity contribution in [2.24, 2.45) is 0 Å². The van der Waals surface area contributed by atoms with Crippen LogP contribution in [0.4, 0.5) is 0 Å². The van der Waals surface area contributed by atoms with Gasteiger partial charge in [-0.05, 0) is 18.6 Å². The van der Waals surface area contributed by atoms with E-state index in [1.54, 1.807) is 6.20 Å². The predicted octanol–water partition coefficient (Wildman–Crippen LogP) is 1.62. The average molecular weight is 193 g/mol. The molecule has 0 saturated heterocycles. The van der Waals surface area contributed by atoms with Gasteiger partial charge in [-0.1, -0.05) is 13.0 Å². The van der Waals surface area contributed by atoms with Gasteiger partial charge in [-0.15, -0.1) is 0 Å². The first-order valence-electron chi connectivity index (χ1n) is 4.82. The van der Waals surface area contributed by atoms with Gasteiger partial charge in [-0.2, -0.15) is 0 Å². The summed E-state index contributed by atoms with van der Waals surface area (Å²) in [4.78, 5) is 15.4. The highest BCUT2D eigenvalue weighted by molar-refractivity contribution is 5.81. The van der Waals surface area contributed by atoms with Crippen LogP contribution in [0.25, 0.3) is 0 Å². The molecule has 0 spiro atoms. The summed E-state index contributed by atoms with van der Waals surface area (Å²) >= 11 is 0. The van der Waals surface area contributed by atoms with E-state index in [-0.39, 0.29) is 12.4 Å². The maximum Gasteiger partial charge on any atom is 0.164 e. The van der Waals surface area contributed by atoms with E-state index in [2.05, 4.69) is 4.98 Å². The molecule has 0 fully saturated rings. The van der Waals surface area contributed by atoms with Gasteiger partial charge < -0.3 is 4.74 Å². The largest absolute Gasteiger partial charge is 0.374 e. The third-order valence-electron chi connectivity index (χ3n) is 1.72. The lowest BCUT2D eigenvalue weighted by molar-refractivity contribution is -0.122. The minimum absolute atomic E-state index is 0.0807. The zero-order chi connectivity index (χ0) is 10.2. The van der Waals surface area contributed by atoms with Crippen LogP contribution in [0.3, 0.4) is 0 Å². The Kier molecular flexibility index (Phi) is 4.86. The van der Waals surface area contributed by atoms with E-state index >= 15 is 0 Å². The number of pyridine rings is 1. The SMILES string of the molecule is CCCOCC(=O)Cc1ccccn1. The molecule has 1 aromatic rings. The number of nitrogens with zero attached hydrogens (tertiary/aromatic N) is 1. The number of aromatic nitrogens is 1. The number of hydrogen-bond acceptors (Lipinski definition) is 3. The third kappa shape index (κ3) is 4.14. The predicted molar refractivity (Wildman–Crippen MR) is 54.1 cm³/mol. The van der Waals surface area contributed by atoms with Crippen molar-refractivity contribution in [3.63, 3.8) is 0 Å². The van der Waals surface area contributed by atoms with Crippen molar-refractivity contribution in [2.75, 3.05) is 13.2 Å². The second kappa shape index (κ2) is 6.27. The van der Waals surface area contributed by atoms with Crippen molar-refractivity contribution in [1.29, 1.82) is 0 Å². The first kappa shape index (κ1) is 10.9. The quantitative estimate of drug-likeness (QED) is 0.644. The summed E-state index contributed by atoms with van der Waals surface area (Å²) in [5.74, 6) is 0.0807. The lowest BCUT2D eigenvalue weighted by Crippen LogP contribution is -2.12. The molecule has 0 saturated carbocycles. The molecule has 0 aliphatic carbocycles. The molecule has 1 heterocycles. The summed E-state index contributed by atoms with van der Waals surface area (Å²) < 4.78 is 5.14. The van der Waals surface area contributed by atoms with Crippen LogP contribution in [0, 0.1) is 0 Å². The Morgan fingerprint density at radius 3 is 3.00 bits per heavy atom. The maximum atomic E-state index is 11.3. The summed E-state index contributed by atoms with van der Waals surface area (Å²) in [6.45, 7) is 2.86. The average Bonchev–Trinajstić information content (AvgIpc) is 2.20. The molecule has 0 atom stereocenters. The van der Waals surface area contributed by atoms with Crippen LogP contribution in [-0.2, 0) is 16.0 Å². The molecule has 0 unspecified atom stereocenters. The fourth-order valence-electron chi connectivity index (χ4n) is 1.09. The lowest BCUT2D eigenvalue weighted by atomic mass is 10.2. The molecule has 1 aromatic heterocycles. The Morgan fingerprint density at radius 2 is 2.36 bits per heavy atom. The van der Waals surface area contributed by atoms with Crippen LogP contribution in [-0.4, -0.2) is 24.0 Å². The molecule has 0 aliphatic heterocycles. The first-order valence-corrected chi connectivity index (χ1v) is 4.82. The molecule has 0 aliphatic rings. The van der Waals surface area contributed by atoms with Gasteiger partial charge in [0.1, 0.15) is 6.61 Å². The summed E-state index contributed by atoms with van der Waals surface area (Å²) in [6.07, 6.45) is 3.00. The topological polar surface area (TPSA) is 39.2 Å². The Hall–Kier alpha value is -1.22. The molecule has 0 N–H and O–H groups in total. The first-order chi connectivity index (χ1) is 6.83. The fourth-order valence-corrected chi connectivity index (χ4v) is 1.09. The molecular weight excluding hydrogens is 178 g/mol. The monoisotopic (exact) mass is 193 g/mol. The van der Waals surface area contributed by atoms with E-state index < -0.39 is 0 Å². The van der Waals surface area contributed by atoms with E-state index in [9.17, 15) is 4.79 Å². The molecule has 3 heteroatoms. The highest BCUT2D eigenvalue weighted by Crippen LogP contribution is 1.96. The van der Waals surface area contributed by atoms with Gasteiger partial charge in [0.25, 0.3) is 0 Å². The zero-order valence-electron chi connectivity index (χ0n) is 8.40. The zero-order valence-corrected chi connectivity index (χ0v) is 8.40. The van der Waals surface area contributed by atoms with Gasteiger partial charge >= 0.3 is 0 Å². The van der Waals surface area contributed by atoms with Gasteiger partial charge in [0.05, 0.1) is 6.42 Å². The van der Waals surface area contributed by atoms with Gasteiger partial charge in [0, 0.05) is 18.5 Å². The molecule has 0 aromatic carbocycles. The van der Waals surface area contributed by atoms with Crippen LogP contribution >= 0.6 is 0 Å². The standard InChI is InChI=1S/C11H15NO2/c1-2-7-14-9-11(13)8-10-5-3-4-6-12-10/h3-6H,2,7-9H2,1H3. The second-order valence-electron chi connectivity index (χ2n) is 3.09. The fraction of sp³-hybridized carbons (Fsp3) is 0.455. The van der Waals surface area contributed by atoms with E-state index in [4.69, 9.17) is 4.74 Å². The smallest absolute Gasteiger partial charge is 0.164 e. The second-order valence-corrected chi connectivity index (χ2v) is 3.09. The van der Waals surface area contributed by atoms with E-state index in [0.29, 0.717) is 13.0 Å². The van der Waals surface area contributed by atoms with E-state index in [0.717, 1.165) is 12.1 Å². The van der Waals surface area contributed by atoms with Gasteiger partial charge in [-0.3, -0.25) is 9.78 Å². The molecule has 0 radical (unpaired) electrons. The van der Waals surface area contributed by atoms with Gasteiger partial charge in [0.15, 0.2) is 5.78 Å². The van der Waals surface area contributed by atoms with Crippen molar-refractivity contribution >= 4 is 5.78 Å². The Labute approximate surface area is 84.1 Å². The van der Waals surface area contributed by atoms with Crippen molar-refractivity contribution in [3.8, 4) is 0 Å². The number of ether oxygens (including phenoxy) is 1. The molecule has 0 bridgehead atoms. The van der Waals surface area contributed by atoms with Crippen LogP contribution in [0.5, 0.6) is 0 Å². The van der Waals surface area contributed by atoms with Crippen LogP contribution in [0.1, 0.15) is 19.0 Å². The minimum atomic E-state index is 0.0807. The lowest BCUT2D eigenvalue weighted by Gasteiger charge is -2.01. The van der Waals surface area contributed by atoms with Gasteiger partial charge in [-0.25, -0.2) is 0 Å². The van der Waals surface area contributed by atoms with Crippen LogP contribution in [0.15, 0.2) is 24.4 Å². The molecule has 14 heavy (non-hydrogen) atoms. The van der Waals surface area contributed by atoms with Crippen LogP contribution < -0.4 is 0 Å². The highest BCUT2D eigenvalue weighted by atomic mass is 16.5. The van der Waals surface area contributed by atoms with Crippen molar-refractivity contribution in [1.82, 2.24) is 4.98 Å². The Bertz CT molecular complexity index is 272. The summed E-state index contributed by atoms with van der Waals surface area (Å²) in [7, 11) is 0. The number of Topliss-reactive ketones (excluding diaryl/α,β-unsaturated/α-hetero) is 1. The molecule has 76 valence electrons. The number of ketones is 1. The Balaban J connectivity index is 2.27. The van der Waals surface area contributed by atoms with E-state index in [1.165, 1.54) is 0 Å². The summed E-state index contributed by atoms with van der Waals surface area (Å²) in [5.41, 5.74) is 0.803. The highest BCUT2D eigenvalue weighted by Gasteiger charge is 2.03. The molecule has 1 rings (SSSR count). The Morgan fingerprint density at radius 1 is 1.50 bits per heavy atom. The number of rotatable bonds is 6. The normalized spacial score (nSPS) is 10.1. The molecule has 3 nitrogen and oxygen atoms in total. The van der Waals surface area contributed by atoms with Gasteiger partial charge in [0.2, 0.25) is 0 Å². The number of carbonyl (C=O) groups excluding carboxylic acids is 1. The maximum absolute atomic E-state index is 11.3. The van der Waals surface area contributed by atoms with Crippen molar-refractivity contribution in [3.05, 3.63) is 30.1 Å². The summed E-state index contributed by atoms with van der Waals surface area (Å²) in [6, 6.07) is 5.56. The summed E-state index contributed by atoms with van der Waals surface area (Å²) in [5, 5.41) is 0.